The highest BCUT2D eigenvalue weighted by molar-refractivity contribution is 5.92. The maximum atomic E-state index is 12.0. The minimum absolute atomic E-state index is 0.143. The lowest BCUT2D eigenvalue weighted by Crippen LogP contribution is -2.21. The number of ether oxygens (including phenoxy) is 2. The van der Waals surface area contributed by atoms with Crippen LogP contribution in [0.15, 0.2) is 36.4 Å². The minimum Gasteiger partial charge on any atom is -0.493 e. The summed E-state index contributed by atoms with van der Waals surface area (Å²) in [6, 6.07) is 12.5. The lowest BCUT2D eigenvalue weighted by Gasteiger charge is -2.12. The molecule has 0 aliphatic carbocycles. The summed E-state index contributed by atoms with van der Waals surface area (Å²) in [5, 5.41) is 11.7. The maximum absolute atomic E-state index is 12.0. The van der Waals surface area contributed by atoms with Gasteiger partial charge in [-0.15, -0.1) is 0 Å². The van der Waals surface area contributed by atoms with Gasteiger partial charge in [0.2, 0.25) is 0 Å². The van der Waals surface area contributed by atoms with Gasteiger partial charge in [0.1, 0.15) is 0 Å². The van der Waals surface area contributed by atoms with E-state index < -0.39 is 0 Å². The number of nitriles is 1. The van der Waals surface area contributed by atoms with Crippen molar-refractivity contribution in [1.82, 2.24) is 0 Å². The van der Waals surface area contributed by atoms with Gasteiger partial charge >= 0.3 is 0 Å². The quantitative estimate of drug-likeness (QED) is 0.920. The highest BCUT2D eigenvalue weighted by atomic mass is 16.5. The van der Waals surface area contributed by atoms with Crippen molar-refractivity contribution in [1.29, 1.82) is 5.26 Å². The van der Waals surface area contributed by atoms with Crippen molar-refractivity contribution in [3.8, 4) is 17.6 Å². The van der Waals surface area contributed by atoms with E-state index in [1.54, 1.807) is 18.2 Å². The molecule has 1 N–H and O–H groups in total. The molecule has 23 heavy (non-hydrogen) atoms. The van der Waals surface area contributed by atoms with Crippen molar-refractivity contribution >= 4 is 11.6 Å². The Bertz CT molecular complexity index is 763. The van der Waals surface area contributed by atoms with E-state index in [1.165, 1.54) is 7.11 Å². The number of benzene rings is 2. The molecular formula is C18H18N2O3. The molecule has 118 valence electrons. The van der Waals surface area contributed by atoms with Gasteiger partial charge in [0, 0.05) is 11.8 Å². The van der Waals surface area contributed by atoms with Crippen LogP contribution in [-0.2, 0) is 4.79 Å². The van der Waals surface area contributed by atoms with Crippen LogP contribution in [-0.4, -0.2) is 19.6 Å². The van der Waals surface area contributed by atoms with E-state index >= 15 is 0 Å². The van der Waals surface area contributed by atoms with Gasteiger partial charge in [-0.1, -0.05) is 12.1 Å². The Morgan fingerprint density at radius 3 is 2.70 bits per heavy atom. The number of anilines is 1. The number of nitrogens with zero attached hydrogens (tertiary/aromatic N) is 1. The molecule has 0 bridgehead atoms. The number of rotatable bonds is 5. The summed E-state index contributed by atoms with van der Waals surface area (Å²) in [6.07, 6.45) is 0. The molecule has 5 heteroatoms. The van der Waals surface area contributed by atoms with Gasteiger partial charge in [0.05, 0.1) is 18.7 Å². The first-order chi connectivity index (χ1) is 11.0. The SMILES string of the molecule is COc1cc(C#N)ccc1OCC(=O)Nc1cccc(C)c1C. The van der Waals surface area contributed by atoms with Crippen LogP contribution in [0.2, 0.25) is 0 Å². The van der Waals surface area contributed by atoms with Crippen molar-refractivity contribution in [3.63, 3.8) is 0 Å². The molecule has 5 nitrogen and oxygen atoms in total. The number of methoxy groups -OCH3 is 1. The fraction of sp³-hybridized carbons (Fsp3) is 0.222. The second kappa shape index (κ2) is 7.32. The largest absolute Gasteiger partial charge is 0.493 e. The van der Waals surface area contributed by atoms with Crippen LogP contribution >= 0.6 is 0 Å². The zero-order valence-corrected chi connectivity index (χ0v) is 13.3. The van der Waals surface area contributed by atoms with E-state index in [9.17, 15) is 4.79 Å². The monoisotopic (exact) mass is 310 g/mol. The van der Waals surface area contributed by atoms with Gasteiger partial charge in [0.15, 0.2) is 18.1 Å². The van der Waals surface area contributed by atoms with Crippen molar-refractivity contribution in [3.05, 3.63) is 53.1 Å². The molecule has 2 rings (SSSR count). The van der Waals surface area contributed by atoms with Crippen LogP contribution < -0.4 is 14.8 Å². The molecule has 0 radical (unpaired) electrons. The highest BCUT2D eigenvalue weighted by Crippen LogP contribution is 2.27. The lowest BCUT2D eigenvalue weighted by atomic mass is 10.1. The second-order valence-electron chi connectivity index (χ2n) is 5.06. The molecule has 2 aromatic carbocycles. The third-order valence-corrected chi connectivity index (χ3v) is 3.53. The van der Waals surface area contributed by atoms with Crippen LogP contribution in [0.1, 0.15) is 16.7 Å². The number of nitrogens with one attached hydrogen (secondary N) is 1. The number of carbonyl (C=O) groups is 1. The van der Waals surface area contributed by atoms with Crippen molar-refractivity contribution in [2.75, 3.05) is 19.0 Å². The lowest BCUT2D eigenvalue weighted by molar-refractivity contribution is -0.118. The van der Waals surface area contributed by atoms with E-state index in [2.05, 4.69) is 5.32 Å². The molecule has 2 aromatic rings. The number of hydrogen-bond donors (Lipinski definition) is 1. The summed E-state index contributed by atoms with van der Waals surface area (Å²) in [5.41, 5.74) is 3.37. The van der Waals surface area contributed by atoms with Gasteiger partial charge in [-0.3, -0.25) is 4.79 Å². The summed E-state index contributed by atoms with van der Waals surface area (Å²) in [6.45, 7) is 3.80. The van der Waals surface area contributed by atoms with Crippen LogP contribution in [0.4, 0.5) is 5.69 Å². The Labute approximate surface area is 135 Å². The number of hydrogen-bond acceptors (Lipinski definition) is 4. The van der Waals surface area contributed by atoms with E-state index in [4.69, 9.17) is 14.7 Å². The van der Waals surface area contributed by atoms with Crippen LogP contribution in [0, 0.1) is 25.2 Å². The van der Waals surface area contributed by atoms with Crippen LogP contribution in [0.25, 0.3) is 0 Å². The normalized spacial score (nSPS) is 9.83. The van der Waals surface area contributed by atoms with Gasteiger partial charge in [0.25, 0.3) is 5.91 Å². The van der Waals surface area contributed by atoms with Crippen molar-refractivity contribution in [2.45, 2.75) is 13.8 Å². The number of aryl methyl sites for hydroxylation is 1. The molecular weight excluding hydrogens is 292 g/mol. The molecule has 0 fully saturated rings. The molecule has 0 aromatic heterocycles. The maximum Gasteiger partial charge on any atom is 0.262 e. The van der Waals surface area contributed by atoms with Crippen molar-refractivity contribution in [2.24, 2.45) is 0 Å². The molecule has 0 saturated heterocycles. The fourth-order valence-corrected chi connectivity index (χ4v) is 2.07. The van der Waals surface area contributed by atoms with Crippen LogP contribution in [0.5, 0.6) is 11.5 Å². The molecule has 0 heterocycles. The topological polar surface area (TPSA) is 71.3 Å². The summed E-state index contributed by atoms with van der Waals surface area (Å²) in [5.74, 6) is 0.580. The molecule has 1 amide bonds. The van der Waals surface area contributed by atoms with E-state index in [0.717, 1.165) is 16.8 Å². The van der Waals surface area contributed by atoms with Gasteiger partial charge in [-0.2, -0.15) is 5.26 Å². The second-order valence-corrected chi connectivity index (χ2v) is 5.06. The number of amides is 1. The Kier molecular flexibility index (Phi) is 5.21. The first-order valence-corrected chi connectivity index (χ1v) is 7.12. The molecule has 0 aliphatic rings. The summed E-state index contributed by atoms with van der Waals surface area (Å²) < 4.78 is 10.7. The predicted octanol–water partition coefficient (Wildman–Crippen LogP) is 3.20. The average Bonchev–Trinajstić information content (AvgIpc) is 2.57. The van der Waals surface area contributed by atoms with E-state index in [1.807, 2.05) is 38.1 Å². The first kappa shape index (κ1) is 16.4. The molecule has 0 saturated carbocycles. The Morgan fingerprint density at radius 1 is 1.22 bits per heavy atom. The van der Waals surface area contributed by atoms with Gasteiger partial charge in [-0.25, -0.2) is 0 Å². The van der Waals surface area contributed by atoms with Gasteiger partial charge in [-0.05, 0) is 43.2 Å². The predicted molar refractivity (Wildman–Crippen MR) is 87.7 cm³/mol. The molecule has 0 atom stereocenters. The summed E-state index contributed by atoms with van der Waals surface area (Å²) in [7, 11) is 1.49. The standard InChI is InChI=1S/C18H18N2O3/c1-12-5-4-6-15(13(12)2)20-18(21)11-23-16-8-7-14(10-19)9-17(16)22-3/h4-9H,11H2,1-3H3,(H,20,21). The third kappa shape index (κ3) is 4.01. The Balaban J connectivity index is 2.02. The minimum atomic E-state index is -0.259. The molecule has 0 unspecified atom stereocenters. The molecule has 0 spiro atoms. The van der Waals surface area contributed by atoms with Gasteiger partial charge < -0.3 is 14.8 Å². The fourth-order valence-electron chi connectivity index (χ4n) is 2.07. The van der Waals surface area contributed by atoms with Crippen molar-refractivity contribution < 1.29 is 14.3 Å². The highest BCUT2D eigenvalue weighted by Gasteiger charge is 2.10. The summed E-state index contributed by atoms with van der Waals surface area (Å²) in [4.78, 5) is 12.0. The smallest absolute Gasteiger partial charge is 0.262 e. The first-order valence-electron chi connectivity index (χ1n) is 7.12. The van der Waals surface area contributed by atoms with E-state index in [-0.39, 0.29) is 12.5 Å². The zero-order valence-electron chi connectivity index (χ0n) is 13.3. The zero-order chi connectivity index (χ0) is 16.8. The summed E-state index contributed by atoms with van der Waals surface area (Å²) >= 11 is 0. The van der Waals surface area contributed by atoms with Crippen LogP contribution in [0.3, 0.4) is 0 Å². The Morgan fingerprint density at radius 2 is 2.00 bits per heavy atom. The molecule has 0 aliphatic heterocycles. The van der Waals surface area contributed by atoms with E-state index in [0.29, 0.717) is 17.1 Å². The number of carbonyl (C=O) groups excluding carboxylic acids is 1. The Hall–Kier alpha value is -3.00. The third-order valence-electron chi connectivity index (χ3n) is 3.53. The average molecular weight is 310 g/mol.